The van der Waals surface area contributed by atoms with Gasteiger partial charge < -0.3 is 15.7 Å². The van der Waals surface area contributed by atoms with Crippen LogP contribution in [0.3, 0.4) is 0 Å². The maximum Gasteiger partial charge on any atom is 0.249 e. The van der Waals surface area contributed by atoms with E-state index in [2.05, 4.69) is 30.2 Å². The summed E-state index contributed by atoms with van der Waals surface area (Å²) in [6.45, 7) is 0. The van der Waals surface area contributed by atoms with Crippen molar-refractivity contribution in [1.29, 1.82) is 10.5 Å². The average molecular weight is 227 g/mol. The molecule has 82 valence electrons. The van der Waals surface area contributed by atoms with Crippen LogP contribution in [-0.2, 0) is 0 Å². The second-order valence-electron chi connectivity index (χ2n) is 2.85. The van der Waals surface area contributed by atoms with Crippen molar-refractivity contribution >= 4 is 17.6 Å². The molecule has 0 unspecified atom stereocenters. The fourth-order valence-corrected chi connectivity index (χ4v) is 1.05. The van der Waals surface area contributed by atoms with Crippen LogP contribution in [0.2, 0.25) is 0 Å². The van der Waals surface area contributed by atoms with Crippen LogP contribution >= 0.6 is 0 Å². The number of nitriles is 2. The lowest BCUT2D eigenvalue weighted by atomic mass is 10.5. The van der Waals surface area contributed by atoms with Crippen molar-refractivity contribution < 1.29 is 0 Å². The Kier molecular flexibility index (Phi) is 2.50. The molecule has 9 heteroatoms. The predicted molar refractivity (Wildman–Crippen MR) is 55.2 cm³/mol. The number of hydrogen-bond donors (Lipinski definition) is 3. The van der Waals surface area contributed by atoms with E-state index in [1.54, 1.807) is 0 Å². The topological polar surface area (TPSA) is 156 Å². The number of imidazole rings is 2. The van der Waals surface area contributed by atoms with E-state index < -0.39 is 0 Å². The molecule has 17 heavy (non-hydrogen) atoms. The molecule has 4 N–H and O–H groups in total. The van der Waals surface area contributed by atoms with E-state index in [-0.39, 0.29) is 29.0 Å². The van der Waals surface area contributed by atoms with Crippen molar-refractivity contribution in [3.8, 4) is 12.1 Å². The first-order valence-electron chi connectivity index (χ1n) is 4.35. The minimum atomic E-state index is 0.0454. The molecule has 0 amide bonds. The van der Waals surface area contributed by atoms with Gasteiger partial charge in [-0.05, 0) is 0 Å². The molecule has 2 heterocycles. The van der Waals surface area contributed by atoms with Crippen molar-refractivity contribution in [2.24, 2.45) is 10.2 Å². The molecule has 0 bridgehead atoms. The Labute approximate surface area is 94.6 Å². The molecule has 0 aliphatic carbocycles. The first-order chi connectivity index (χ1) is 8.24. The van der Waals surface area contributed by atoms with Crippen LogP contribution in [0.25, 0.3) is 0 Å². The lowest BCUT2D eigenvalue weighted by molar-refractivity contribution is 1.10. The van der Waals surface area contributed by atoms with Crippen LogP contribution in [-0.4, -0.2) is 19.9 Å². The van der Waals surface area contributed by atoms with Gasteiger partial charge in [-0.2, -0.15) is 15.5 Å². The first kappa shape index (κ1) is 10.3. The number of aromatic nitrogens is 4. The summed E-state index contributed by atoms with van der Waals surface area (Å²) < 4.78 is 0. The second kappa shape index (κ2) is 4.12. The van der Waals surface area contributed by atoms with Crippen LogP contribution in [0.15, 0.2) is 16.6 Å². The van der Waals surface area contributed by atoms with E-state index >= 15 is 0 Å². The van der Waals surface area contributed by atoms with Crippen LogP contribution < -0.4 is 5.73 Å². The summed E-state index contributed by atoms with van der Waals surface area (Å²) in [6.07, 6.45) is 1.32. The molecule has 0 aromatic carbocycles. The highest BCUT2D eigenvalue weighted by atomic mass is 15.3. The van der Waals surface area contributed by atoms with Gasteiger partial charge in [0.2, 0.25) is 11.8 Å². The van der Waals surface area contributed by atoms with Crippen LogP contribution in [0.1, 0.15) is 11.4 Å². The van der Waals surface area contributed by atoms with Crippen molar-refractivity contribution in [3.63, 3.8) is 0 Å². The summed E-state index contributed by atoms with van der Waals surface area (Å²) >= 11 is 0. The molecule has 0 aliphatic rings. The van der Waals surface area contributed by atoms with E-state index in [1.165, 1.54) is 6.33 Å². The number of anilines is 1. The number of azo groups is 1. The number of aromatic amines is 2. The monoisotopic (exact) mass is 227 g/mol. The van der Waals surface area contributed by atoms with Crippen molar-refractivity contribution in [2.75, 3.05) is 5.73 Å². The second-order valence-corrected chi connectivity index (χ2v) is 2.85. The molecular formula is C8H5N9. The third-order valence-corrected chi connectivity index (χ3v) is 1.80. The smallest absolute Gasteiger partial charge is 0.249 e. The highest BCUT2D eigenvalue weighted by molar-refractivity contribution is 5.48. The van der Waals surface area contributed by atoms with Gasteiger partial charge in [-0.3, -0.25) is 0 Å². The van der Waals surface area contributed by atoms with Crippen molar-refractivity contribution in [1.82, 2.24) is 19.9 Å². The summed E-state index contributed by atoms with van der Waals surface area (Å²) in [5.41, 5.74) is 5.72. The Morgan fingerprint density at radius 1 is 1.24 bits per heavy atom. The van der Waals surface area contributed by atoms with E-state index in [1.807, 2.05) is 12.1 Å². The summed E-state index contributed by atoms with van der Waals surface area (Å²) in [5.74, 6) is 0.260. The van der Waals surface area contributed by atoms with Gasteiger partial charge in [0.05, 0.1) is 6.33 Å². The first-order valence-corrected chi connectivity index (χ1v) is 4.35. The largest absolute Gasteiger partial charge is 0.381 e. The molecule has 0 atom stereocenters. The highest BCUT2D eigenvalue weighted by Gasteiger charge is 2.06. The highest BCUT2D eigenvalue weighted by Crippen LogP contribution is 2.18. The zero-order chi connectivity index (χ0) is 12.3. The number of nitrogens with one attached hydrogen (secondary N) is 2. The van der Waals surface area contributed by atoms with Crippen LogP contribution in [0.5, 0.6) is 0 Å². The van der Waals surface area contributed by atoms with Crippen molar-refractivity contribution in [2.45, 2.75) is 0 Å². The quantitative estimate of drug-likeness (QED) is 0.649. The normalized spacial score (nSPS) is 10.2. The number of nitrogens with two attached hydrogens (primary N) is 1. The molecule has 0 saturated carbocycles. The standard InChI is InChI=1S/C8H5N9/c9-1-4-6(11)15-8(14-4)17-16-7-5(2-10)12-3-13-7/h3H,11H2,(H,12,13)(H,14,15)/b17-16+. The maximum absolute atomic E-state index is 8.68. The van der Waals surface area contributed by atoms with Gasteiger partial charge in [0.15, 0.2) is 17.2 Å². The summed E-state index contributed by atoms with van der Waals surface area (Å²) in [4.78, 5) is 12.7. The van der Waals surface area contributed by atoms with Gasteiger partial charge in [0.25, 0.3) is 0 Å². The van der Waals surface area contributed by atoms with Crippen LogP contribution in [0.4, 0.5) is 17.6 Å². The van der Waals surface area contributed by atoms with E-state index in [4.69, 9.17) is 16.3 Å². The van der Waals surface area contributed by atoms with Crippen molar-refractivity contribution in [3.05, 3.63) is 17.7 Å². The zero-order valence-electron chi connectivity index (χ0n) is 8.34. The van der Waals surface area contributed by atoms with Gasteiger partial charge in [-0.1, -0.05) is 0 Å². The van der Waals surface area contributed by atoms with Gasteiger partial charge >= 0.3 is 0 Å². The molecule has 2 aromatic heterocycles. The Morgan fingerprint density at radius 2 is 2.00 bits per heavy atom. The zero-order valence-corrected chi connectivity index (χ0v) is 8.34. The summed E-state index contributed by atoms with van der Waals surface area (Å²) in [5, 5.41) is 24.7. The minimum absolute atomic E-state index is 0.0454. The number of rotatable bonds is 2. The van der Waals surface area contributed by atoms with E-state index in [0.717, 1.165) is 0 Å². The van der Waals surface area contributed by atoms with Crippen LogP contribution in [0, 0.1) is 22.7 Å². The molecule has 9 nitrogen and oxygen atoms in total. The Hall–Kier alpha value is -3.20. The van der Waals surface area contributed by atoms with E-state index in [0.29, 0.717) is 0 Å². The summed E-state index contributed by atoms with van der Waals surface area (Å²) in [6, 6.07) is 3.67. The molecule has 0 aliphatic heterocycles. The SMILES string of the molecule is N#Cc1[nH]c(/N=N/c2nc[nH]c2C#N)nc1N. The fourth-order valence-electron chi connectivity index (χ4n) is 1.05. The molecule has 2 aromatic rings. The number of hydrogen-bond acceptors (Lipinski definition) is 7. The van der Waals surface area contributed by atoms with Gasteiger partial charge in [-0.15, -0.1) is 10.2 Å². The number of nitrogen functional groups attached to an aromatic ring is 1. The molecular weight excluding hydrogens is 222 g/mol. The molecule has 0 spiro atoms. The Morgan fingerprint density at radius 3 is 2.65 bits per heavy atom. The molecule has 0 radical (unpaired) electrons. The van der Waals surface area contributed by atoms with Gasteiger partial charge in [0, 0.05) is 0 Å². The lowest BCUT2D eigenvalue weighted by Gasteiger charge is -1.83. The minimum Gasteiger partial charge on any atom is -0.381 e. The Balaban J connectivity index is 2.27. The molecule has 2 rings (SSSR count). The molecule has 0 fully saturated rings. The lowest BCUT2D eigenvalue weighted by Crippen LogP contribution is -1.86. The number of nitrogens with zero attached hydrogens (tertiary/aromatic N) is 6. The number of H-pyrrole nitrogens is 2. The Bertz CT molecular complexity index is 647. The fraction of sp³-hybridized carbons (Fsp3) is 0. The summed E-state index contributed by atoms with van der Waals surface area (Å²) in [7, 11) is 0. The molecule has 0 saturated heterocycles. The third-order valence-electron chi connectivity index (χ3n) is 1.80. The average Bonchev–Trinajstić information content (AvgIpc) is 2.92. The van der Waals surface area contributed by atoms with Gasteiger partial charge in [0.1, 0.15) is 12.1 Å². The third kappa shape index (κ3) is 1.93. The predicted octanol–water partition coefficient (Wildman–Crippen LogP) is 0.874. The van der Waals surface area contributed by atoms with Gasteiger partial charge in [-0.25, -0.2) is 4.98 Å². The maximum atomic E-state index is 8.68. The van der Waals surface area contributed by atoms with E-state index in [9.17, 15) is 0 Å².